The van der Waals surface area contributed by atoms with E-state index in [0.29, 0.717) is 18.8 Å². The van der Waals surface area contributed by atoms with Gasteiger partial charge in [0.15, 0.2) is 5.82 Å². The van der Waals surface area contributed by atoms with Gasteiger partial charge in [0.25, 0.3) is 0 Å². The highest BCUT2D eigenvalue weighted by Gasteiger charge is 2.35. The number of hydrogen-bond donors (Lipinski definition) is 1. The highest BCUT2D eigenvalue weighted by Crippen LogP contribution is 2.32. The number of amides is 1. The first-order chi connectivity index (χ1) is 10.5. The van der Waals surface area contributed by atoms with Gasteiger partial charge in [0.2, 0.25) is 5.91 Å². The fraction of sp³-hybridized carbons (Fsp3) is 0.462. The summed E-state index contributed by atoms with van der Waals surface area (Å²) in [6, 6.07) is 1.22. The maximum atomic E-state index is 12.2. The van der Waals surface area contributed by atoms with Crippen LogP contribution in [0.4, 0.5) is 19.0 Å². The van der Waals surface area contributed by atoms with Crippen molar-refractivity contribution in [2.75, 3.05) is 18.0 Å². The van der Waals surface area contributed by atoms with Crippen molar-refractivity contribution in [1.82, 2.24) is 15.3 Å². The van der Waals surface area contributed by atoms with Crippen molar-refractivity contribution >= 4 is 33.3 Å². The Morgan fingerprint density at radius 3 is 3.05 bits per heavy atom. The van der Waals surface area contributed by atoms with Crippen molar-refractivity contribution in [3.63, 3.8) is 0 Å². The number of anilines is 1. The first kappa shape index (κ1) is 15.0. The average molecular weight is 330 g/mol. The van der Waals surface area contributed by atoms with Gasteiger partial charge in [-0.2, -0.15) is 13.2 Å². The summed E-state index contributed by atoms with van der Waals surface area (Å²) in [4.78, 5) is 22.2. The largest absolute Gasteiger partial charge is 0.405 e. The maximum Gasteiger partial charge on any atom is 0.405 e. The summed E-state index contributed by atoms with van der Waals surface area (Å²) in [6.07, 6.45) is -1.75. The van der Waals surface area contributed by atoms with Crippen LogP contribution >= 0.6 is 11.3 Å². The number of alkyl halides is 3. The zero-order chi connectivity index (χ0) is 15.7. The molecule has 0 aromatic carbocycles. The van der Waals surface area contributed by atoms with Crippen LogP contribution in [0.1, 0.15) is 12.8 Å². The van der Waals surface area contributed by atoms with Gasteiger partial charge in [-0.1, -0.05) is 0 Å². The first-order valence-corrected chi connectivity index (χ1v) is 7.63. The van der Waals surface area contributed by atoms with Crippen LogP contribution in [0.25, 0.3) is 10.2 Å². The summed E-state index contributed by atoms with van der Waals surface area (Å²) in [5.41, 5.74) is 0.774. The highest BCUT2D eigenvalue weighted by molar-refractivity contribution is 7.17. The normalized spacial score (nSPS) is 18.9. The number of aromatic nitrogens is 2. The average Bonchev–Trinajstić information content (AvgIpc) is 3.11. The lowest BCUT2D eigenvalue weighted by molar-refractivity contribution is -0.139. The van der Waals surface area contributed by atoms with Crippen molar-refractivity contribution in [1.29, 1.82) is 0 Å². The van der Waals surface area contributed by atoms with Gasteiger partial charge in [-0.05, 0) is 24.3 Å². The smallest absolute Gasteiger partial charge is 0.345 e. The summed E-state index contributed by atoms with van der Waals surface area (Å²) in [7, 11) is 0. The Hall–Kier alpha value is -1.90. The van der Waals surface area contributed by atoms with E-state index in [1.54, 1.807) is 4.90 Å². The maximum absolute atomic E-state index is 12.2. The molecule has 22 heavy (non-hydrogen) atoms. The minimum absolute atomic E-state index is 0.514. The minimum Gasteiger partial charge on any atom is -0.345 e. The fourth-order valence-electron chi connectivity index (χ4n) is 2.58. The molecule has 0 aliphatic carbocycles. The molecular weight excluding hydrogens is 317 g/mol. The molecule has 3 heterocycles. The molecular formula is C13H13F3N4OS. The van der Waals surface area contributed by atoms with E-state index in [1.807, 2.05) is 16.8 Å². The van der Waals surface area contributed by atoms with Gasteiger partial charge in [-0.25, -0.2) is 9.97 Å². The lowest BCUT2D eigenvalue weighted by atomic mass is 10.2. The van der Waals surface area contributed by atoms with Crippen LogP contribution in [-0.2, 0) is 4.79 Å². The monoisotopic (exact) mass is 330 g/mol. The van der Waals surface area contributed by atoms with Crippen LogP contribution in [0.5, 0.6) is 0 Å². The quantitative estimate of drug-likeness (QED) is 0.938. The van der Waals surface area contributed by atoms with Gasteiger partial charge in [0.05, 0.1) is 10.2 Å². The van der Waals surface area contributed by atoms with E-state index < -0.39 is 24.7 Å². The molecule has 1 N–H and O–H groups in total. The zero-order valence-electron chi connectivity index (χ0n) is 11.4. The molecule has 118 valence electrons. The Morgan fingerprint density at radius 1 is 1.45 bits per heavy atom. The molecule has 1 aliphatic heterocycles. The summed E-state index contributed by atoms with van der Waals surface area (Å²) in [5.74, 6) is 0.00259. The molecule has 1 amide bonds. The van der Waals surface area contributed by atoms with Crippen LogP contribution in [0.3, 0.4) is 0 Å². The van der Waals surface area contributed by atoms with Crippen LogP contribution in [0, 0.1) is 0 Å². The molecule has 0 unspecified atom stereocenters. The number of thiophene rings is 1. The third-order valence-corrected chi connectivity index (χ3v) is 4.41. The molecule has 2 aromatic rings. The summed E-state index contributed by atoms with van der Waals surface area (Å²) in [5, 5.41) is 3.83. The zero-order valence-corrected chi connectivity index (χ0v) is 12.2. The Kier molecular flexibility index (Phi) is 3.90. The van der Waals surface area contributed by atoms with Crippen molar-refractivity contribution < 1.29 is 18.0 Å². The lowest BCUT2D eigenvalue weighted by Crippen LogP contribution is -2.46. The second-order valence-corrected chi connectivity index (χ2v) is 5.93. The van der Waals surface area contributed by atoms with E-state index in [0.717, 1.165) is 16.6 Å². The predicted molar refractivity (Wildman–Crippen MR) is 76.8 cm³/mol. The van der Waals surface area contributed by atoms with E-state index in [1.165, 1.54) is 17.7 Å². The number of fused-ring (bicyclic) bond motifs is 1. The molecule has 0 radical (unpaired) electrons. The first-order valence-electron chi connectivity index (χ1n) is 6.75. The molecule has 2 aromatic heterocycles. The number of nitrogens with one attached hydrogen (secondary N) is 1. The number of rotatable bonds is 3. The Balaban J connectivity index is 1.81. The molecule has 3 rings (SSSR count). The van der Waals surface area contributed by atoms with Gasteiger partial charge in [-0.3, -0.25) is 4.79 Å². The number of nitrogens with zero attached hydrogens (tertiary/aromatic N) is 3. The van der Waals surface area contributed by atoms with E-state index >= 15 is 0 Å². The van der Waals surface area contributed by atoms with E-state index in [4.69, 9.17) is 0 Å². The van der Waals surface area contributed by atoms with Gasteiger partial charge in [0.1, 0.15) is 18.9 Å². The Labute approximate surface area is 128 Å². The van der Waals surface area contributed by atoms with Gasteiger partial charge in [-0.15, -0.1) is 11.3 Å². The van der Waals surface area contributed by atoms with E-state index in [-0.39, 0.29) is 0 Å². The van der Waals surface area contributed by atoms with Crippen molar-refractivity contribution in [2.45, 2.75) is 25.1 Å². The molecule has 0 saturated carbocycles. The molecule has 0 bridgehead atoms. The van der Waals surface area contributed by atoms with Crippen LogP contribution < -0.4 is 10.2 Å². The van der Waals surface area contributed by atoms with Crippen LogP contribution in [0.2, 0.25) is 0 Å². The fourth-order valence-corrected chi connectivity index (χ4v) is 3.43. The number of carbonyl (C=O) groups excluding carboxylic acids is 1. The van der Waals surface area contributed by atoms with Crippen molar-refractivity contribution in [2.24, 2.45) is 0 Å². The van der Waals surface area contributed by atoms with Gasteiger partial charge < -0.3 is 10.2 Å². The molecule has 1 saturated heterocycles. The second-order valence-electron chi connectivity index (χ2n) is 5.02. The third kappa shape index (κ3) is 2.99. The Bertz CT molecular complexity index is 687. The predicted octanol–water partition coefficient (Wildman–Crippen LogP) is 2.34. The van der Waals surface area contributed by atoms with Crippen LogP contribution in [0.15, 0.2) is 17.8 Å². The summed E-state index contributed by atoms with van der Waals surface area (Å²) in [6.45, 7) is -0.720. The van der Waals surface area contributed by atoms with E-state index in [2.05, 4.69) is 9.97 Å². The Morgan fingerprint density at radius 2 is 2.27 bits per heavy atom. The lowest BCUT2D eigenvalue weighted by Gasteiger charge is -2.25. The SMILES string of the molecule is O=C(NCC(F)(F)F)[C@@H]1CCCN1c1ncnc2ccsc12. The molecule has 5 nitrogen and oxygen atoms in total. The van der Waals surface area contributed by atoms with Gasteiger partial charge >= 0.3 is 6.18 Å². The van der Waals surface area contributed by atoms with Crippen molar-refractivity contribution in [3.8, 4) is 0 Å². The third-order valence-electron chi connectivity index (χ3n) is 3.51. The molecule has 1 atom stereocenters. The standard InChI is InChI=1S/C13H13F3N4OS/c14-13(15,16)6-17-12(21)9-2-1-4-20(9)11-10-8(3-5-22-10)18-7-19-11/h3,5,7,9H,1-2,4,6H2,(H,17,21)/t9-/m0/s1. The molecule has 1 fully saturated rings. The number of carbonyl (C=O) groups is 1. The van der Waals surface area contributed by atoms with Gasteiger partial charge in [0, 0.05) is 6.54 Å². The minimum atomic E-state index is -4.41. The molecule has 1 aliphatic rings. The van der Waals surface area contributed by atoms with Crippen LogP contribution in [-0.4, -0.2) is 41.2 Å². The molecule has 0 spiro atoms. The second kappa shape index (κ2) is 5.71. The topological polar surface area (TPSA) is 58.1 Å². The summed E-state index contributed by atoms with van der Waals surface area (Å²) >= 11 is 1.45. The van der Waals surface area contributed by atoms with E-state index in [9.17, 15) is 18.0 Å². The summed E-state index contributed by atoms with van der Waals surface area (Å²) < 4.78 is 37.6. The van der Waals surface area contributed by atoms with Crippen molar-refractivity contribution in [3.05, 3.63) is 17.8 Å². The number of halogens is 3. The highest BCUT2D eigenvalue weighted by atomic mass is 32.1. The number of hydrogen-bond acceptors (Lipinski definition) is 5. The molecule has 9 heteroatoms.